The van der Waals surface area contributed by atoms with Crippen LogP contribution in [-0.4, -0.2) is 18.5 Å². The Hall–Kier alpha value is -1.35. The molecule has 0 spiro atoms. The van der Waals surface area contributed by atoms with Gasteiger partial charge < -0.3 is 10.6 Å². The molecule has 0 aliphatic carbocycles. The molecule has 1 amide bonds. The van der Waals surface area contributed by atoms with E-state index in [0.29, 0.717) is 5.92 Å². The quantitative estimate of drug-likeness (QED) is 0.866. The van der Waals surface area contributed by atoms with Crippen molar-refractivity contribution in [3.63, 3.8) is 0 Å². The maximum atomic E-state index is 12.4. The van der Waals surface area contributed by atoms with Crippen molar-refractivity contribution in [1.82, 2.24) is 10.6 Å². The van der Waals surface area contributed by atoms with Crippen LogP contribution in [0.3, 0.4) is 0 Å². The van der Waals surface area contributed by atoms with Gasteiger partial charge in [-0.25, -0.2) is 0 Å². The molecule has 2 rings (SSSR count). The van der Waals surface area contributed by atoms with Crippen molar-refractivity contribution in [2.24, 2.45) is 5.92 Å². The number of benzene rings is 1. The fourth-order valence-electron chi connectivity index (χ4n) is 2.78. The summed E-state index contributed by atoms with van der Waals surface area (Å²) >= 11 is 0. The molecule has 110 valence electrons. The van der Waals surface area contributed by atoms with Crippen LogP contribution in [0, 0.1) is 5.92 Å². The molecule has 1 heterocycles. The zero-order valence-corrected chi connectivity index (χ0v) is 12.6. The zero-order valence-electron chi connectivity index (χ0n) is 12.6. The maximum absolute atomic E-state index is 12.4. The third kappa shape index (κ3) is 4.34. The zero-order chi connectivity index (χ0) is 14.4. The van der Waals surface area contributed by atoms with E-state index in [1.54, 1.807) is 0 Å². The van der Waals surface area contributed by atoms with Gasteiger partial charge in [-0.3, -0.25) is 4.79 Å². The number of hydrogen-bond donors (Lipinski definition) is 2. The summed E-state index contributed by atoms with van der Waals surface area (Å²) in [7, 11) is 0. The van der Waals surface area contributed by atoms with Gasteiger partial charge in [-0.1, -0.05) is 50.6 Å². The summed E-state index contributed by atoms with van der Waals surface area (Å²) in [6.07, 6.45) is 4.25. The largest absolute Gasteiger partial charge is 0.348 e. The van der Waals surface area contributed by atoms with Crippen LogP contribution in [0.1, 0.15) is 51.1 Å². The molecule has 3 heteroatoms. The van der Waals surface area contributed by atoms with Crippen molar-refractivity contribution < 1.29 is 4.79 Å². The van der Waals surface area contributed by atoms with Gasteiger partial charge in [0.15, 0.2) is 0 Å². The highest BCUT2D eigenvalue weighted by molar-refractivity contribution is 5.82. The number of rotatable bonds is 5. The molecule has 0 saturated carbocycles. The van der Waals surface area contributed by atoms with Crippen LogP contribution in [0.5, 0.6) is 0 Å². The van der Waals surface area contributed by atoms with Gasteiger partial charge >= 0.3 is 0 Å². The molecular formula is C17H26N2O. The van der Waals surface area contributed by atoms with Crippen molar-refractivity contribution in [3.8, 4) is 0 Å². The monoisotopic (exact) mass is 274 g/mol. The minimum absolute atomic E-state index is 0.0119. The summed E-state index contributed by atoms with van der Waals surface area (Å²) in [4.78, 5) is 12.4. The first-order valence-corrected chi connectivity index (χ1v) is 7.75. The van der Waals surface area contributed by atoms with Gasteiger partial charge in [-0.05, 0) is 37.3 Å². The van der Waals surface area contributed by atoms with E-state index in [2.05, 4.69) is 36.6 Å². The van der Waals surface area contributed by atoms with Crippen molar-refractivity contribution in [1.29, 1.82) is 0 Å². The summed E-state index contributed by atoms with van der Waals surface area (Å²) in [5.41, 5.74) is 1.20. The number of carbonyl (C=O) groups is 1. The van der Waals surface area contributed by atoms with Gasteiger partial charge in [0.2, 0.25) is 5.91 Å². The Morgan fingerprint density at radius 2 is 2.05 bits per heavy atom. The molecule has 1 aliphatic rings. The predicted molar refractivity (Wildman–Crippen MR) is 82.4 cm³/mol. The van der Waals surface area contributed by atoms with E-state index >= 15 is 0 Å². The summed E-state index contributed by atoms with van der Waals surface area (Å²) in [5.74, 6) is 0.707. The first-order chi connectivity index (χ1) is 9.66. The molecule has 3 nitrogen and oxygen atoms in total. The Bertz CT molecular complexity index is 410. The third-order valence-corrected chi connectivity index (χ3v) is 3.85. The van der Waals surface area contributed by atoms with E-state index < -0.39 is 0 Å². The molecule has 1 saturated heterocycles. The molecule has 0 aromatic heterocycles. The minimum atomic E-state index is -0.0119. The lowest BCUT2D eigenvalue weighted by molar-refractivity contribution is -0.124. The highest BCUT2D eigenvalue weighted by Crippen LogP contribution is 2.21. The smallest absolute Gasteiger partial charge is 0.237 e. The number of hydrogen-bond acceptors (Lipinski definition) is 2. The average Bonchev–Trinajstić information content (AvgIpc) is 2.48. The molecule has 2 N–H and O–H groups in total. The van der Waals surface area contributed by atoms with E-state index in [-0.39, 0.29) is 18.0 Å². The SMILES string of the molecule is CC(C)CC(NC(=O)[C@@H]1CCCCN1)c1ccccc1. The number of amides is 1. The van der Waals surface area contributed by atoms with Crippen LogP contribution in [0.15, 0.2) is 30.3 Å². The van der Waals surface area contributed by atoms with Crippen molar-refractivity contribution in [2.75, 3.05) is 6.54 Å². The van der Waals surface area contributed by atoms with Crippen LogP contribution in [0.2, 0.25) is 0 Å². The summed E-state index contributed by atoms with van der Waals surface area (Å²) in [6, 6.07) is 10.4. The van der Waals surface area contributed by atoms with Crippen molar-refractivity contribution >= 4 is 5.91 Å². The highest BCUT2D eigenvalue weighted by Gasteiger charge is 2.23. The normalized spacial score (nSPS) is 20.6. The van der Waals surface area contributed by atoms with Gasteiger partial charge in [0.1, 0.15) is 0 Å². The highest BCUT2D eigenvalue weighted by atomic mass is 16.2. The van der Waals surface area contributed by atoms with Gasteiger partial charge in [0.25, 0.3) is 0 Å². The first-order valence-electron chi connectivity index (χ1n) is 7.75. The second kappa shape index (κ2) is 7.44. The Balaban J connectivity index is 2.01. The van der Waals surface area contributed by atoms with E-state index in [1.807, 2.05) is 18.2 Å². The van der Waals surface area contributed by atoms with Crippen LogP contribution in [0.25, 0.3) is 0 Å². The molecule has 1 aromatic rings. The summed E-state index contributed by atoms with van der Waals surface area (Å²) in [5, 5.41) is 6.55. The molecule has 1 aliphatic heterocycles. The van der Waals surface area contributed by atoms with Gasteiger partial charge in [-0.15, -0.1) is 0 Å². The van der Waals surface area contributed by atoms with Crippen molar-refractivity contribution in [2.45, 2.75) is 51.6 Å². The van der Waals surface area contributed by atoms with Gasteiger partial charge in [0, 0.05) is 0 Å². The lowest BCUT2D eigenvalue weighted by Gasteiger charge is -2.27. The molecule has 0 radical (unpaired) electrons. The predicted octanol–water partition coefficient (Wildman–Crippen LogP) is 3.03. The van der Waals surface area contributed by atoms with Gasteiger partial charge in [-0.2, -0.15) is 0 Å². The molecule has 20 heavy (non-hydrogen) atoms. The summed E-state index contributed by atoms with van der Waals surface area (Å²) < 4.78 is 0. The third-order valence-electron chi connectivity index (χ3n) is 3.85. The van der Waals surface area contributed by atoms with E-state index in [0.717, 1.165) is 25.8 Å². The minimum Gasteiger partial charge on any atom is -0.348 e. The Kier molecular flexibility index (Phi) is 5.60. The van der Waals surface area contributed by atoms with Crippen LogP contribution in [0.4, 0.5) is 0 Å². The lowest BCUT2D eigenvalue weighted by Crippen LogP contribution is -2.47. The number of carbonyl (C=O) groups excluding carboxylic acids is 1. The van der Waals surface area contributed by atoms with Gasteiger partial charge in [0.05, 0.1) is 12.1 Å². The first kappa shape index (κ1) is 15.0. The number of piperidine rings is 1. The van der Waals surface area contributed by atoms with Crippen LogP contribution >= 0.6 is 0 Å². The molecule has 1 unspecified atom stereocenters. The average molecular weight is 274 g/mol. The van der Waals surface area contributed by atoms with E-state index in [9.17, 15) is 4.79 Å². The fraction of sp³-hybridized carbons (Fsp3) is 0.588. The standard InChI is InChI=1S/C17H26N2O/c1-13(2)12-16(14-8-4-3-5-9-14)19-17(20)15-10-6-7-11-18-15/h3-5,8-9,13,15-16,18H,6-7,10-12H2,1-2H3,(H,19,20)/t15-,16?/m0/s1. The maximum Gasteiger partial charge on any atom is 0.237 e. The van der Waals surface area contributed by atoms with E-state index in [1.165, 1.54) is 12.0 Å². The van der Waals surface area contributed by atoms with Crippen LogP contribution in [-0.2, 0) is 4.79 Å². The Morgan fingerprint density at radius 3 is 2.65 bits per heavy atom. The fourth-order valence-corrected chi connectivity index (χ4v) is 2.78. The Morgan fingerprint density at radius 1 is 1.30 bits per heavy atom. The Labute approximate surface area is 122 Å². The molecule has 0 bridgehead atoms. The molecule has 1 aromatic carbocycles. The number of nitrogens with one attached hydrogen (secondary N) is 2. The molecular weight excluding hydrogens is 248 g/mol. The topological polar surface area (TPSA) is 41.1 Å². The second-order valence-corrected chi connectivity index (χ2v) is 6.10. The molecule has 1 fully saturated rings. The van der Waals surface area contributed by atoms with E-state index in [4.69, 9.17) is 0 Å². The summed E-state index contributed by atoms with van der Waals surface area (Å²) in [6.45, 7) is 5.35. The lowest BCUT2D eigenvalue weighted by atomic mass is 9.96. The van der Waals surface area contributed by atoms with Crippen LogP contribution < -0.4 is 10.6 Å². The second-order valence-electron chi connectivity index (χ2n) is 6.10. The van der Waals surface area contributed by atoms with Crippen molar-refractivity contribution in [3.05, 3.63) is 35.9 Å². The molecule has 2 atom stereocenters.